The third-order valence-electron chi connectivity index (χ3n) is 4.77. The van der Waals surface area contributed by atoms with Gasteiger partial charge in [-0.3, -0.25) is 4.79 Å². The van der Waals surface area contributed by atoms with E-state index in [0.717, 1.165) is 29.1 Å². The minimum Gasteiger partial charge on any atom is -0.490 e. The second-order valence-electron chi connectivity index (χ2n) is 7.41. The summed E-state index contributed by atoms with van der Waals surface area (Å²) < 4.78 is 5.47. The second kappa shape index (κ2) is 11.5. The number of nitrogens with zero attached hydrogens (tertiary/aromatic N) is 3. The molecule has 3 aromatic carbocycles. The molecule has 0 aliphatic carbocycles. The molecule has 3 aromatic rings. The normalized spacial score (nSPS) is 10.7. The molecule has 0 saturated heterocycles. The zero-order chi connectivity index (χ0) is 22.8. The first-order valence-electron chi connectivity index (χ1n) is 10.4. The molecule has 0 atom stereocenters. The number of nitrogens with one attached hydrogen (secondary N) is 1. The molecule has 6 nitrogen and oxygen atoms in total. The molecular formula is C26H28N4O2. The Labute approximate surface area is 189 Å². The highest BCUT2D eigenvalue weighted by Gasteiger charge is 2.05. The van der Waals surface area contributed by atoms with Gasteiger partial charge in [-0.2, -0.15) is 10.2 Å². The van der Waals surface area contributed by atoms with Crippen LogP contribution in [0.2, 0.25) is 0 Å². The highest BCUT2D eigenvalue weighted by molar-refractivity contribution is 5.94. The summed E-state index contributed by atoms with van der Waals surface area (Å²) in [6.07, 6.45) is 2.45. The maximum absolute atomic E-state index is 12.4. The smallest absolute Gasteiger partial charge is 0.251 e. The Morgan fingerprint density at radius 1 is 0.938 bits per heavy atom. The number of amides is 1. The molecule has 0 aliphatic heterocycles. The maximum Gasteiger partial charge on any atom is 0.251 e. The van der Waals surface area contributed by atoms with E-state index in [2.05, 4.69) is 22.1 Å². The standard InChI is InChI=1S/C26H28N4O2/c1-4-19-32-25-15-5-20(6-16-25)17-18-27-26(31)21-7-9-22(10-8-21)28-29-23-11-13-24(14-12-23)30(2)3/h4-16H,1,17-19H2,2-3H3,(H,27,31). The average Bonchev–Trinajstić information content (AvgIpc) is 2.82. The summed E-state index contributed by atoms with van der Waals surface area (Å²) in [5.41, 5.74) is 4.29. The van der Waals surface area contributed by atoms with Crippen LogP contribution in [0.3, 0.4) is 0 Å². The van der Waals surface area contributed by atoms with Crippen molar-refractivity contribution < 1.29 is 9.53 Å². The van der Waals surface area contributed by atoms with Crippen LogP contribution < -0.4 is 15.0 Å². The lowest BCUT2D eigenvalue weighted by molar-refractivity contribution is 0.0954. The van der Waals surface area contributed by atoms with Gasteiger partial charge in [0.15, 0.2) is 0 Å². The number of azo groups is 1. The van der Waals surface area contributed by atoms with E-state index in [-0.39, 0.29) is 5.91 Å². The molecule has 0 fully saturated rings. The van der Waals surface area contributed by atoms with Crippen molar-refractivity contribution in [2.45, 2.75) is 6.42 Å². The highest BCUT2D eigenvalue weighted by Crippen LogP contribution is 2.21. The van der Waals surface area contributed by atoms with Gasteiger partial charge in [0.2, 0.25) is 0 Å². The van der Waals surface area contributed by atoms with Gasteiger partial charge in [-0.15, -0.1) is 0 Å². The molecule has 0 aromatic heterocycles. The van der Waals surface area contributed by atoms with Gasteiger partial charge in [0.05, 0.1) is 11.4 Å². The third kappa shape index (κ3) is 6.80. The summed E-state index contributed by atoms with van der Waals surface area (Å²) in [4.78, 5) is 14.4. The fraction of sp³-hybridized carbons (Fsp3) is 0.192. The number of rotatable bonds is 10. The molecule has 32 heavy (non-hydrogen) atoms. The predicted molar refractivity (Wildman–Crippen MR) is 130 cm³/mol. The molecule has 0 unspecified atom stereocenters. The Kier molecular flexibility index (Phi) is 8.15. The minimum absolute atomic E-state index is 0.112. The summed E-state index contributed by atoms with van der Waals surface area (Å²) in [6, 6.07) is 22.7. The van der Waals surface area contributed by atoms with Gasteiger partial charge < -0.3 is 15.0 Å². The summed E-state index contributed by atoms with van der Waals surface area (Å²) in [7, 11) is 3.99. The van der Waals surface area contributed by atoms with Crippen LogP contribution in [0, 0.1) is 0 Å². The van der Waals surface area contributed by atoms with Crippen molar-refractivity contribution >= 4 is 23.0 Å². The van der Waals surface area contributed by atoms with Crippen molar-refractivity contribution in [2.75, 3.05) is 32.1 Å². The highest BCUT2D eigenvalue weighted by atomic mass is 16.5. The summed E-state index contributed by atoms with van der Waals surface area (Å²) in [6.45, 7) is 4.67. The van der Waals surface area contributed by atoms with E-state index in [4.69, 9.17) is 4.74 Å². The van der Waals surface area contributed by atoms with Gasteiger partial charge in [-0.25, -0.2) is 0 Å². The average molecular weight is 429 g/mol. The molecule has 6 heteroatoms. The van der Waals surface area contributed by atoms with Gasteiger partial charge in [0.25, 0.3) is 5.91 Å². The Morgan fingerprint density at radius 2 is 1.53 bits per heavy atom. The van der Waals surface area contributed by atoms with E-state index in [0.29, 0.717) is 24.4 Å². The number of carbonyl (C=O) groups is 1. The fourth-order valence-electron chi connectivity index (χ4n) is 2.94. The molecule has 164 valence electrons. The summed E-state index contributed by atoms with van der Waals surface area (Å²) in [5, 5.41) is 11.4. The Balaban J connectivity index is 1.47. The number of benzene rings is 3. The third-order valence-corrected chi connectivity index (χ3v) is 4.77. The lowest BCUT2D eigenvalue weighted by Gasteiger charge is -2.11. The van der Waals surface area contributed by atoms with E-state index in [1.165, 1.54) is 0 Å². The van der Waals surface area contributed by atoms with Crippen LogP contribution in [-0.4, -0.2) is 33.2 Å². The van der Waals surface area contributed by atoms with E-state index in [1.54, 1.807) is 30.3 Å². The summed E-state index contributed by atoms with van der Waals surface area (Å²) in [5.74, 6) is 0.694. The predicted octanol–water partition coefficient (Wildman–Crippen LogP) is 5.71. The molecule has 0 spiro atoms. The van der Waals surface area contributed by atoms with Crippen LogP contribution >= 0.6 is 0 Å². The lowest BCUT2D eigenvalue weighted by Crippen LogP contribution is -2.25. The molecule has 0 bridgehead atoms. The van der Waals surface area contributed by atoms with E-state index < -0.39 is 0 Å². The first-order chi connectivity index (χ1) is 15.5. The number of carbonyl (C=O) groups excluding carboxylic acids is 1. The molecule has 0 heterocycles. The molecule has 1 N–H and O–H groups in total. The first-order valence-corrected chi connectivity index (χ1v) is 10.4. The van der Waals surface area contributed by atoms with Gasteiger partial charge in [0, 0.05) is 31.9 Å². The van der Waals surface area contributed by atoms with Crippen molar-refractivity contribution in [1.82, 2.24) is 5.32 Å². The fourth-order valence-corrected chi connectivity index (χ4v) is 2.94. The van der Waals surface area contributed by atoms with Crippen molar-refractivity contribution in [3.63, 3.8) is 0 Å². The largest absolute Gasteiger partial charge is 0.490 e. The zero-order valence-corrected chi connectivity index (χ0v) is 18.5. The summed E-state index contributed by atoms with van der Waals surface area (Å²) >= 11 is 0. The Bertz CT molecular complexity index is 1040. The Morgan fingerprint density at radius 3 is 2.09 bits per heavy atom. The minimum atomic E-state index is -0.112. The molecule has 0 aliphatic rings. The van der Waals surface area contributed by atoms with Gasteiger partial charge in [0.1, 0.15) is 12.4 Å². The maximum atomic E-state index is 12.4. The number of hydrogen-bond acceptors (Lipinski definition) is 5. The van der Waals surface area contributed by atoms with Crippen molar-refractivity contribution in [3.05, 3.63) is 96.6 Å². The van der Waals surface area contributed by atoms with Gasteiger partial charge in [-0.1, -0.05) is 24.8 Å². The van der Waals surface area contributed by atoms with E-state index in [1.807, 2.05) is 67.5 Å². The van der Waals surface area contributed by atoms with Crippen molar-refractivity contribution in [2.24, 2.45) is 10.2 Å². The van der Waals surface area contributed by atoms with Crippen LogP contribution in [0.1, 0.15) is 15.9 Å². The quantitative estimate of drug-likeness (QED) is 0.332. The number of hydrogen-bond donors (Lipinski definition) is 1. The van der Waals surface area contributed by atoms with Crippen LogP contribution in [0.15, 0.2) is 95.7 Å². The molecule has 1 amide bonds. The molecular weight excluding hydrogens is 400 g/mol. The monoisotopic (exact) mass is 428 g/mol. The number of ether oxygens (including phenoxy) is 1. The topological polar surface area (TPSA) is 66.3 Å². The molecule has 0 saturated carbocycles. The van der Waals surface area contributed by atoms with E-state index >= 15 is 0 Å². The second-order valence-corrected chi connectivity index (χ2v) is 7.41. The van der Waals surface area contributed by atoms with Gasteiger partial charge >= 0.3 is 0 Å². The van der Waals surface area contributed by atoms with Crippen LogP contribution in [0.5, 0.6) is 5.75 Å². The van der Waals surface area contributed by atoms with Crippen LogP contribution in [0.25, 0.3) is 0 Å². The van der Waals surface area contributed by atoms with E-state index in [9.17, 15) is 4.79 Å². The van der Waals surface area contributed by atoms with Crippen molar-refractivity contribution in [3.8, 4) is 5.75 Å². The SMILES string of the molecule is C=CCOc1ccc(CCNC(=O)c2ccc(N=Nc3ccc(N(C)C)cc3)cc2)cc1. The first kappa shape index (κ1) is 22.7. The van der Waals surface area contributed by atoms with Crippen LogP contribution in [0.4, 0.5) is 17.1 Å². The van der Waals surface area contributed by atoms with Crippen LogP contribution in [-0.2, 0) is 6.42 Å². The zero-order valence-electron chi connectivity index (χ0n) is 18.5. The molecule has 3 rings (SSSR count). The Hall–Kier alpha value is -3.93. The number of anilines is 1. The lowest BCUT2D eigenvalue weighted by atomic mass is 10.1. The molecule has 0 radical (unpaired) electrons. The van der Waals surface area contributed by atoms with Crippen molar-refractivity contribution in [1.29, 1.82) is 0 Å². The van der Waals surface area contributed by atoms with Gasteiger partial charge in [-0.05, 0) is 72.6 Å².